The van der Waals surface area contributed by atoms with E-state index in [0.717, 1.165) is 19.4 Å². The number of hydrogen-bond acceptors (Lipinski definition) is 3. The van der Waals surface area contributed by atoms with Crippen LogP contribution in [0, 0.1) is 0 Å². The van der Waals surface area contributed by atoms with Crippen molar-refractivity contribution in [1.82, 2.24) is 4.90 Å². The monoisotopic (exact) mass is 172 g/mol. The van der Waals surface area contributed by atoms with Crippen LogP contribution in [0.5, 0.6) is 0 Å². The zero-order valence-electron chi connectivity index (χ0n) is 8.03. The highest BCUT2D eigenvalue weighted by molar-refractivity contribution is 4.84. The maximum atomic E-state index is 9.11. The third kappa shape index (κ3) is 2.19. The largest absolute Gasteiger partial charge is 0.395 e. The van der Waals surface area contributed by atoms with Gasteiger partial charge in [0.05, 0.1) is 6.61 Å². The highest BCUT2D eigenvalue weighted by Crippen LogP contribution is 2.18. The molecule has 3 nitrogen and oxygen atoms in total. The van der Waals surface area contributed by atoms with Gasteiger partial charge in [0, 0.05) is 24.7 Å². The molecular formula is C9H20N2O. The average Bonchev–Trinajstić information content (AvgIpc) is 2.04. The summed E-state index contributed by atoms with van der Waals surface area (Å²) >= 11 is 0. The normalized spacial score (nSPS) is 32.8. The lowest BCUT2D eigenvalue weighted by atomic mass is 9.98. The molecule has 1 saturated heterocycles. The van der Waals surface area contributed by atoms with Gasteiger partial charge in [0.15, 0.2) is 0 Å². The Balaban J connectivity index is 2.52. The molecule has 1 aliphatic rings. The summed E-state index contributed by atoms with van der Waals surface area (Å²) in [4.78, 5) is 2.30. The van der Waals surface area contributed by atoms with Gasteiger partial charge in [0.2, 0.25) is 0 Å². The second-order valence-corrected chi connectivity index (χ2v) is 3.96. The predicted molar refractivity (Wildman–Crippen MR) is 49.9 cm³/mol. The summed E-state index contributed by atoms with van der Waals surface area (Å²) in [7, 11) is 0. The summed E-state index contributed by atoms with van der Waals surface area (Å²) < 4.78 is 0. The molecule has 2 atom stereocenters. The van der Waals surface area contributed by atoms with Crippen LogP contribution in [0.15, 0.2) is 0 Å². The first kappa shape index (κ1) is 9.96. The summed E-state index contributed by atoms with van der Waals surface area (Å²) in [6.45, 7) is 5.51. The van der Waals surface area contributed by atoms with Gasteiger partial charge in [-0.25, -0.2) is 0 Å². The fraction of sp³-hybridized carbons (Fsp3) is 1.00. The Hall–Kier alpha value is -0.120. The standard InChI is InChI=1S/C9H20N2O/c1-7(2)11-5-8(10)3-4-9(11)6-12/h7-9,12H,3-6,10H2,1-2H3/t8-,9+/m1/s1. The molecule has 0 aromatic rings. The van der Waals surface area contributed by atoms with E-state index in [1.54, 1.807) is 0 Å². The molecule has 3 N–H and O–H groups in total. The van der Waals surface area contributed by atoms with E-state index in [4.69, 9.17) is 10.8 Å². The molecule has 0 unspecified atom stereocenters. The summed E-state index contributed by atoms with van der Waals surface area (Å²) in [6.07, 6.45) is 2.09. The second-order valence-electron chi connectivity index (χ2n) is 3.96. The van der Waals surface area contributed by atoms with E-state index in [1.165, 1.54) is 0 Å². The molecule has 0 aromatic carbocycles. The Morgan fingerprint density at radius 1 is 1.50 bits per heavy atom. The first-order valence-corrected chi connectivity index (χ1v) is 4.77. The van der Waals surface area contributed by atoms with E-state index in [2.05, 4.69) is 18.7 Å². The molecule has 0 aliphatic carbocycles. The maximum Gasteiger partial charge on any atom is 0.0587 e. The van der Waals surface area contributed by atoms with Crippen molar-refractivity contribution in [3.63, 3.8) is 0 Å². The Morgan fingerprint density at radius 3 is 2.67 bits per heavy atom. The number of nitrogens with two attached hydrogens (primary N) is 1. The van der Waals surface area contributed by atoms with Crippen molar-refractivity contribution in [3.05, 3.63) is 0 Å². The van der Waals surface area contributed by atoms with Crippen LogP contribution >= 0.6 is 0 Å². The summed E-state index contributed by atoms with van der Waals surface area (Å²) in [5.74, 6) is 0. The molecule has 0 radical (unpaired) electrons. The van der Waals surface area contributed by atoms with Crippen LogP contribution in [-0.4, -0.2) is 41.3 Å². The van der Waals surface area contributed by atoms with Gasteiger partial charge in [0.1, 0.15) is 0 Å². The van der Waals surface area contributed by atoms with Gasteiger partial charge in [-0.2, -0.15) is 0 Å². The maximum absolute atomic E-state index is 9.11. The lowest BCUT2D eigenvalue weighted by Crippen LogP contribution is -2.52. The minimum Gasteiger partial charge on any atom is -0.395 e. The fourth-order valence-corrected chi connectivity index (χ4v) is 1.91. The van der Waals surface area contributed by atoms with E-state index >= 15 is 0 Å². The van der Waals surface area contributed by atoms with Gasteiger partial charge in [-0.05, 0) is 26.7 Å². The second kappa shape index (κ2) is 4.21. The summed E-state index contributed by atoms with van der Waals surface area (Å²) in [6, 6.07) is 1.13. The molecule has 3 heteroatoms. The van der Waals surface area contributed by atoms with Crippen molar-refractivity contribution < 1.29 is 5.11 Å². The third-order valence-corrected chi connectivity index (χ3v) is 2.66. The predicted octanol–water partition coefficient (Wildman–Crippen LogP) is 0.179. The number of rotatable bonds is 2. The molecule has 1 aliphatic heterocycles. The Bertz CT molecular complexity index is 138. The quantitative estimate of drug-likeness (QED) is 0.624. The van der Waals surface area contributed by atoms with Gasteiger partial charge in [-0.15, -0.1) is 0 Å². The Morgan fingerprint density at radius 2 is 2.17 bits per heavy atom. The van der Waals surface area contributed by atoms with Gasteiger partial charge in [-0.1, -0.05) is 0 Å². The van der Waals surface area contributed by atoms with Crippen LogP contribution in [0.4, 0.5) is 0 Å². The highest BCUT2D eigenvalue weighted by atomic mass is 16.3. The van der Waals surface area contributed by atoms with Gasteiger partial charge < -0.3 is 10.8 Å². The zero-order chi connectivity index (χ0) is 9.14. The van der Waals surface area contributed by atoms with Crippen LogP contribution in [0.1, 0.15) is 26.7 Å². The van der Waals surface area contributed by atoms with Gasteiger partial charge >= 0.3 is 0 Å². The molecule has 0 spiro atoms. The minimum absolute atomic E-state index is 0.269. The van der Waals surface area contributed by atoms with Crippen molar-refractivity contribution in [2.24, 2.45) is 5.73 Å². The molecule has 1 fully saturated rings. The van der Waals surface area contributed by atoms with Crippen molar-refractivity contribution in [2.75, 3.05) is 13.2 Å². The van der Waals surface area contributed by atoms with Gasteiger partial charge in [0.25, 0.3) is 0 Å². The molecule has 72 valence electrons. The van der Waals surface area contributed by atoms with Crippen molar-refractivity contribution >= 4 is 0 Å². The minimum atomic E-state index is 0.269. The molecule has 1 rings (SSSR count). The fourth-order valence-electron chi connectivity index (χ4n) is 1.91. The van der Waals surface area contributed by atoms with Crippen LogP contribution < -0.4 is 5.73 Å². The first-order valence-electron chi connectivity index (χ1n) is 4.77. The molecule has 0 amide bonds. The molecule has 0 bridgehead atoms. The lowest BCUT2D eigenvalue weighted by molar-refractivity contribution is 0.0569. The smallest absolute Gasteiger partial charge is 0.0587 e. The Kier molecular flexibility index (Phi) is 3.50. The van der Waals surface area contributed by atoms with Crippen LogP contribution in [0.3, 0.4) is 0 Å². The van der Waals surface area contributed by atoms with Crippen molar-refractivity contribution in [2.45, 2.75) is 44.8 Å². The summed E-state index contributed by atoms with van der Waals surface area (Å²) in [5.41, 5.74) is 5.86. The molecule has 0 saturated carbocycles. The van der Waals surface area contributed by atoms with Gasteiger partial charge in [-0.3, -0.25) is 4.90 Å². The number of aliphatic hydroxyl groups excluding tert-OH is 1. The highest BCUT2D eigenvalue weighted by Gasteiger charge is 2.27. The number of likely N-dealkylation sites (tertiary alicyclic amines) is 1. The number of nitrogens with zero attached hydrogens (tertiary/aromatic N) is 1. The average molecular weight is 172 g/mol. The van der Waals surface area contributed by atoms with Crippen LogP contribution in [0.25, 0.3) is 0 Å². The zero-order valence-corrected chi connectivity index (χ0v) is 8.03. The molecule has 12 heavy (non-hydrogen) atoms. The van der Waals surface area contributed by atoms with E-state index in [0.29, 0.717) is 18.1 Å². The SMILES string of the molecule is CC(C)N1C[C@H](N)CC[C@H]1CO. The van der Waals surface area contributed by atoms with E-state index in [9.17, 15) is 0 Å². The summed E-state index contributed by atoms with van der Waals surface area (Å²) in [5, 5.41) is 9.11. The molecule has 1 heterocycles. The number of piperidine rings is 1. The first-order chi connectivity index (χ1) is 5.65. The van der Waals surface area contributed by atoms with E-state index < -0.39 is 0 Å². The molecular weight excluding hydrogens is 152 g/mol. The Labute approximate surface area is 74.5 Å². The number of aliphatic hydroxyl groups is 1. The van der Waals surface area contributed by atoms with Crippen LogP contribution in [-0.2, 0) is 0 Å². The lowest BCUT2D eigenvalue weighted by Gasteiger charge is -2.40. The molecule has 0 aromatic heterocycles. The number of hydrogen-bond donors (Lipinski definition) is 2. The van der Waals surface area contributed by atoms with E-state index in [-0.39, 0.29) is 6.61 Å². The van der Waals surface area contributed by atoms with Crippen molar-refractivity contribution in [3.8, 4) is 0 Å². The third-order valence-electron chi connectivity index (χ3n) is 2.66. The van der Waals surface area contributed by atoms with E-state index in [1.807, 2.05) is 0 Å². The topological polar surface area (TPSA) is 49.5 Å². The van der Waals surface area contributed by atoms with Crippen molar-refractivity contribution in [1.29, 1.82) is 0 Å². The van der Waals surface area contributed by atoms with Crippen LogP contribution in [0.2, 0.25) is 0 Å².